The van der Waals surface area contributed by atoms with Crippen molar-refractivity contribution in [3.05, 3.63) is 42.0 Å². The number of benzene rings is 1. The third kappa shape index (κ3) is 3.00. The summed E-state index contributed by atoms with van der Waals surface area (Å²) in [6.07, 6.45) is 1.10. The van der Waals surface area contributed by atoms with E-state index in [1.807, 2.05) is 12.1 Å². The average Bonchev–Trinajstić information content (AvgIpc) is 2.17. The zero-order valence-electron chi connectivity index (χ0n) is 8.96. The quantitative estimate of drug-likeness (QED) is 0.774. The molecule has 0 heterocycles. The van der Waals surface area contributed by atoms with Gasteiger partial charge in [0.1, 0.15) is 0 Å². The number of aliphatic hydroxyl groups excluding tert-OH is 1. The fourth-order valence-electron chi connectivity index (χ4n) is 1.44. The minimum absolute atomic E-state index is 0.0313. The van der Waals surface area contributed by atoms with Crippen molar-refractivity contribution in [1.29, 1.82) is 0 Å². The second kappa shape index (κ2) is 4.97. The molecule has 0 unspecified atom stereocenters. The highest BCUT2D eigenvalue weighted by molar-refractivity contribution is 5.63. The molecule has 14 heavy (non-hydrogen) atoms. The molecule has 0 radical (unpaired) electrons. The van der Waals surface area contributed by atoms with Crippen LogP contribution in [0.5, 0.6) is 0 Å². The highest BCUT2D eigenvalue weighted by Gasteiger charge is 1.99. The largest absolute Gasteiger partial charge is 0.392 e. The van der Waals surface area contributed by atoms with Crippen LogP contribution in [-0.2, 0) is 6.42 Å². The van der Waals surface area contributed by atoms with Gasteiger partial charge in [0, 0.05) is 0 Å². The third-order valence-corrected chi connectivity index (χ3v) is 2.20. The van der Waals surface area contributed by atoms with Gasteiger partial charge in [-0.2, -0.15) is 0 Å². The molecule has 1 rings (SSSR count). The Bertz CT molecular complexity index is 296. The molecule has 0 saturated heterocycles. The van der Waals surface area contributed by atoms with Crippen LogP contribution in [0.25, 0.3) is 5.57 Å². The van der Waals surface area contributed by atoms with E-state index in [1.165, 1.54) is 5.56 Å². The lowest BCUT2D eigenvalue weighted by Gasteiger charge is -2.06. The van der Waals surface area contributed by atoms with E-state index in [9.17, 15) is 0 Å². The zero-order valence-corrected chi connectivity index (χ0v) is 8.96. The number of hydrogen-bond donors (Lipinski definition) is 1. The minimum atomic E-state index is 0.0313. The fourth-order valence-corrected chi connectivity index (χ4v) is 1.44. The third-order valence-electron chi connectivity index (χ3n) is 2.20. The Morgan fingerprint density at radius 1 is 1.29 bits per heavy atom. The standard InChI is InChI=1S/C13H18O/c1-10(2)8-12-4-6-13(7-5-12)11(3)9-14/h4-7,10,14H,3,8-9H2,1-2H3. The second-order valence-corrected chi connectivity index (χ2v) is 4.06. The van der Waals surface area contributed by atoms with E-state index in [1.54, 1.807) is 0 Å². The van der Waals surface area contributed by atoms with E-state index in [0.29, 0.717) is 5.92 Å². The van der Waals surface area contributed by atoms with Crippen LogP contribution in [0, 0.1) is 5.92 Å². The Morgan fingerprint density at radius 3 is 2.29 bits per heavy atom. The molecule has 1 heteroatoms. The lowest BCUT2D eigenvalue weighted by Crippen LogP contribution is -1.94. The Hall–Kier alpha value is -1.08. The van der Waals surface area contributed by atoms with Gasteiger partial charge < -0.3 is 5.11 Å². The zero-order chi connectivity index (χ0) is 10.6. The van der Waals surface area contributed by atoms with E-state index in [0.717, 1.165) is 17.6 Å². The average molecular weight is 190 g/mol. The molecule has 0 atom stereocenters. The molecule has 0 saturated carbocycles. The van der Waals surface area contributed by atoms with Gasteiger partial charge in [0.25, 0.3) is 0 Å². The summed E-state index contributed by atoms with van der Waals surface area (Å²) in [4.78, 5) is 0. The summed E-state index contributed by atoms with van der Waals surface area (Å²) in [7, 11) is 0. The Kier molecular flexibility index (Phi) is 3.90. The summed E-state index contributed by atoms with van der Waals surface area (Å²) in [5.74, 6) is 0.682. The summed E-state index contributed by atoms with van der Waals surface area (Å²) in [5, 5.41) is 8.90. The topological polar surface area (TPSA) is 20.2 Å². The number of rotatable bonds is 4. The van der Waals surface area contributed by atoms with Crippen molar-refractivity contribution < 1.29 is 5.11 Å². The molecule has 0 aromatic heterocycles. The first-order valence-corrected chi connectivity index (χ1v) is 5.01. The monoisotopic (exact) mass is 190 g/mol. The van der Waals surface area contributed by atoms with E-state index in [-0.39, 0.29) is 6.61 Å². The maximum atomic E-state index is 8.90. The Balaban J connectivity index is 2.73. The number of aliphatic hydroxyl groups is 1. The molecule has 1 aromatic rings. The molecule has 0 amide bonds. The van der Waals surface area contributed by atoms with Crippen molar-refractivity contribution in [2.24, 2.45) is 5.92 Å². The summed E-state index contributed by atoms with van der Waals surface area (Å²) in [6.45, 7) is 8.23. The SMILES string of the molecule is C=C(CO)c1ccc(CC(C)C)cc1. The van der Waals surface area contributed by atoms with Gasteiger partial charge in [0.15, 0.2) is 0 Å². The molecule has 76 valence electrons. The van der Waals surface area contributed by atoms with Crippen molar-refractivity contribution in [3.63, 3.8) is 0 Å². The summed E-state index contributed by atoms with van der Waals surface area (Å²) in [6, 6.07) is 8.26. The molecule has 0 spiro atoms. The second-order valence-electron chi connectivity index (χ2n) is 4.06. The predicted octanol–water partition coefficient (Wildman–Crippen LogP) is 2.89. The van der Waals surface area contributed by atoms with Crippen LogP contribution in [0.15, 0.2) is 30.8 Å². The molecule has 0 aliphatic heterocycles. The van der Waals surface area contributed by atoms with Crippen LogP contribution in [0.3, 0.4) is 0 Å². The Morgan fingerprint density at radius 2 is 1.86 bits per heavy atom. The first kappa shape index (κ1) is 11.0. The van der Waals surface area contributed by atoms with Gasteiger partial charge in [-0.15, -0.1) is 0 Å². The molecule has 1 N–H and O–H groups in total. The highest BCUT2D eigenvalue weighted by Crippen LogP contribution is 2.14. The van der Waals surface area contributed by atoms with Gasteiger partial charge in [-0.25, -0.2) is 0 Å². The van der Waals surface area contributed by atoms with Crippen LogP contribution >= 0.6 is 0 Å². The Labute approximate surface area is 86.1 Å². The molecule has 0 bridgehead atoms. The normalized spacial score (nSPS) is 10.6. The molecule has 0 fully saturated rings. The number of hydrogen-bond acceptors (Lipinski definition) is 1. The molecular weight excluding hydrogens is 172 g/mol. The van der Waals surface area contributed by atoms with Crippen LogP contribution < -0.4 is 0 Å². The van der Waals surface area contributed by atoms with E-state index >= 15 is 0 Å². The van der Waals surface area contributed by atoms with Crippen LogP contribution in [0.2, 0.25) is 0 Å². The van der Waals surface area contributed by atoms with Crippen molar-refractivity contribution in [1.82, 2.24) is 0 Å². The van der Waals surface area contributed by atoms with Crippen molar-refractivity contribution in [2.45, 2.75) is 20.3 Å². The first-order chi connectivity index (χ1) is 6.63. The summed E-state index contributed by atoms with van der Waals surface area (Å²) in [5.41, 5.74) is 3.15. The van der Waals surface area contributed by atoms with Gasteiger partial charge >= 0.3 is 0 Å². The molecule has 1 aromatic carbocycles. The van der Waals surface area contributed by atoms with Gasteiger partial charge in [0.05, 0.1) is 6.61 Å². The lowest BCUT2D eigenvalue weighted by atomic mass is 10.00. The molecule has 0 aliphatic carbocycles. The van der Waals surface area contributed by atoms with Gasteiger partial charge in [-0.3, -0.25) is 0 Å². The predicted molar refractivity (Wildman–Crippen MR) is 61.1 cm³/mol. The minimum Gasteiger partial charge on any atom is -0.392 e. The van der Waals surface area contributed by atoms with Crippen LogP contribution in [0.1, 0.15) is 25.0 Å². The highest BCUT2D eigenvalue weighted by atomic mass is 16.3. The first-order valence-electron chi connectivity index (χ1n) is 5.01. The van der Waals surface area contributed by atoms with Gasteiger partial charge in [-0.1, -0.05) is 44.7 Å². The fraction of sp³-hybridized carbons (Fsp3) is 0.385. The van der Waals surface area contributed by atoms with Crippen molar-refractivity contribution in [3.8, 4) is 0 Å². The van der Waals surface area contributed by atoms with Crippen LogP contribution in [-0.4, -0.2) is 11.7 Å². The smallest absolute Gasteiger partial charge is 0.0681 e. The van der Waals surface area contributed by atoms with E-state index < -0.39 is 0 Å². The van der Waals surface area contributed by atoms with Crippen molar-refractivity contribution in [2.75, 3.05) is 6.61 Å². The maximum Gasteiger partial charge on any atom is 0.0681 e. The van der Waals surface area contributed by atoms with Gasteiger partial charge in [-0.05, 0) is 29.0 Å². The van der Waals surface area contributed by atoms with Crippen molar-refractivity contribution >= 4 is 5.57 Å². The maximum absolute atomic E-state index is 8.90. The van der Waals surface area contributed by atoms with Crippen LogP contribution in [0.4, 0.5) is 0 Å². The summed E-state index contributed by atoms with van der Waals surface area (Å²) < 4.78 is 0. The van der Waals surface area contributed by atoms with E-state index in [2.05, 4.69) is 32.6 Å². The lowest BCUT2D eigenvalue weighted by molar-refractivity contribution is 0.350. The molecular formula is C13H18O. The molecule has 0 aliphatic rings. The molecule has 1 nitrogen and oxygen atoms in total. The summed E-state index contributed by atoms with van der Waals surface area (Å²) >= 11 is 0. The van der Waals surface area contributed by atoms with E-state index in [4.69, 9.17) is 5.11 Å². The van der Waals surface area contributed by atoms with Gasteiger partial charge in [0.2, 0.25) is 0 Å².